The van der Waals surface area contributed by atoms with Crippen molar-refractivity contribution in [2.24, 2.45) is 11.7 Å². The minimum atomic E-state index is -1.24. The number of carboxylic acids is 2. The molecule has 0 saturated carbocycles. The van der Waals surface area contributed by atoms with E-state index in [4.69, 9.17) is 10.8 Å². The third-order valence-electron chi connectivity index (χ3n) is 6.40. The lowest BCUT2D eigenvalue weighted by Crippen LogP contribution is -2.58. The largest absolute Gasteiger partial charge is 0.508 e. The predicted molar refractivity (Wildman–Crippen MR) is 142 cm³/mol. The Bertz CT molecular complexity index is 1150. The van der Waals surface area contributed by atoms with E-state index >= 15 is 0 Å². The van der Waals surface area contributed by atoms with Crippen LogP contribution in [0.1, 0.15) is 44.4 Å². The summed E-state index contributed by atoms with van der Waals surface area (Å²) in [5.74, 6) is -5.02. The summed E-state index contributed by atoms with van der Waals surface area (Å²) in [7, 11) is 0. The Morgan fingerprint density at radius 1 is 0.950 bits per heavy atom. The van der Waals surface area contributed by atoms with Crippen LogP contribution in [0.4, 0.5) is 0 Å². The second-order valence-electron chi connectivity index (χ2n) is 9.52. The molecule has 0 spiro atoms. The SMILES string of the molecule is CCC(C)C(NC(=O)C(Cc1cnc[nH]1)NC(=O)C(Cc1ccc(O)cc1)NC(=O)C(N)CCC(=O)O)C(=O)O. The van der Waals surface area contributed by atoms with Gasteiger partial charge in [0.25, 0.3) is 0 Å². The van der Waals surface area contributed by atoms with Crippen LogP contribution < -0.4 is 21.7 Å². The third-order valence-corrected chi connectivity index (χ3v) is 6.40. The Morgan fingerprint density at radius 3 is 2.10 bits per heavy atom. The number of hydrogen-bond donors (Lipinski definition) is 8. The van der Waals surface area contributed by atoms with Gasteiger partial charge in [-0.3, -0.25) is 19.2 Å². The number of H-pyrrole nitrogens is 1. The van der Waals surface area contributed by atoms with E-state index in [1.54, 1.807) is 26.0 Å². The van der Waals surface area contributed by atoms with E-state index in [0.29, 0.717) is 17.7 Å². The van der Waals surface area contributed by atoms with Crippen molar-refractivity contribution in [3.63, 3.8) is 0 Å². The number of phenolic OH excluding ortho intramolecular Hbond substituents is 1. The zero-order valence-corrected chi connectivity index (χ0v) is 22.3. The van der Waals surface area contributed by atoms with Crippen LogP contribution in [0.3, 0.4) is 0 Å². The maximum atomic E-state index is 13.5. The van der Waals surface area contributed by atoms with Crippen LogP contribution in [-0.2, 0) is 36.8 Å². The van der Waals surface area contributed by atoms with E-state index < -0.39 is 59.7 Å². The number of aromatic amines is 1. The molecular formula is C26H36N6O8. The zero-order chi connectivity index (χ0) is 29.8. The number of aliphatic carboxylic acids is 2. The fourth-order valence-corrected chi connectivity index (χ4v) is 3.80. The van der Waals surface area contributed by atoms with Crippen molar-refractivity contribution in [2.75, 3.05) is 0 Å². The molecule has 2 aromatic rings. The van der Waals surface area contributed by atoms with Crippen LogP contribution in [0, 0.1) is 5.92 Å². The average Bonchev–Trinajstić information content (AvgIpc) is 3.43. The molecule has 5 atom stereocenters. The van der Waals surface area contributed by atoms with Gasteiger partial charge in [-0.05, 0) is 30.0 Å². The number of carbonyl (C=O) groups is 5. The first-order chi connectivity index (χ1) is 18.9. The monoisotopic (exact) mass is 560 g/mol. The summed E-state index contributed by atoms with van der Waals surface area (Å²) in [6, 6.07) is 1.02. The molecule has 40 heavy (non-hydrogen) atoms. The lowest BCUT2D eigenvalue weighted by molar-refractivity contribution is -0.144. The van der Waals surface area contributed by atoms with Crippen molar-refractivity contribution in [1.29, 1.82) is 0 Å². The number of rotatable bonds is 16. The molecule has 218 valence electrons. The number of carboxylic acid groups (broad SMARTS) is 2. The summed E-state index contributed by atoms with van der Waals surface area (Å²) in [6.45, 7) is 3.47. The fourth-order valence-electron chi connectivity index (χ4n) is 3.80. The molecule has 0 saturated heterocycles. The fraction of sp³-hybridized carbons (Fsp3) is 0.462. The molecule has 3 amide bonds. The first kappa shape index (κ1) is 31.8. The second-order valence-corrected chi connectivity index (χ2v) is 9.52. The Hall–Kier alpha value is -4.46. The number of nitrogens with one attached hydrogen (secondary N) is 4. The Kier molecular flexibility index (Phi) is 12.1. The lowest BCUT2D eigenvalue weighted by atomic mass is 9.98. The van der Waals surface area contributed by atoms with Crippen LogP contribution in [-0.4, -0.2) is 79.1 Å². The molecule has 0 aliphatic carbocycles. The number of aromatic nitrogens is 2. The number of amides is 3. The van der Waals surface area contributed by atoms with Gasteiger partial charge in [-0.25, -0.2) is 9.78 Å². The van der Waals surface area contributed by atoms with Crippen molar-refractivity contribution in [2.45, 2.75) is 70.1 Å². The summed E-state index contributed by atoms with van der Waals surface area (Å²) in [5.41, 5.74) is 6.88. The van der Waals surface area contributed by atoms with E-state index in [1.165, 1.54) is 24.7 Å². The van der Waals surface area contributed by atoms with Gasteiger partial charge in [0.1, 0.15) is 23.9 Å². The van der Waals surface area contributed by atoms with E-state index in [0.717, 1.165) is 0 Å². The van der Waals surface area contributed by atoms with Gasteiger partial charge < -0.3 is 42.0 Å². The molecule has 0 aliphatic heterocycles. The maximum absolute atomic E-state index is 13.5. The van der Waals surface area contributed by atoms with Crippen LogP contribution in [0.2, 0.25) is 0 Å². The van der Waals surface area contributed by atoms with Crippen molar-refractivity contribution in [3.05, 3.63) is 48.0 Å². The van der Waals surface area contributed by atoms with Crippen molar-refractivity contribution in [1.82, 2.24) is 25.9 Å². The first-order valence-electron chi connectivity index (χ1n) is 12.8. The van der Waals surface area contributed by atoms with Gasteiger partial charge in [0.05, 0.1) is 12.4 Å². The number of benzene rings is 1. The summed E-state index contributed by atoms with van der Waals surface area (Å²) in [4.78, 5) is 68.8. The van der Waals surface area contributed by atoms with Gasteiger partial charge in [-0.2, -0.15) is 0 Å². The number of phenols is 1. The summed E-state index contributed by atoms with van der Waals surface area (Å²) in [6.07, 6.45) is 2.71. The number of aromatic hydroxyl groups is 1. The molecule has 1 aromatic heterocycles. The number of nitrogens with zero attached hydrogens (tertiary/aromatic N) is 1. The first-order valence-corrected chi connectivity index (χ1v) is 12.8. The Morgan fingerprint density at radius 2 is 1.55 bits per heavy atom. The topological polar surface area (TPSA) is 237 Å². The number of nitrogens with two attached hydrogens (primary N) is 1. The minimum absolute atomic E-state index is 0.00457. The molecule has 0 bridgehead atoms. The van der Waals surface area contributed by atoms with Gasteiger partial charge in [0.2, 0.25) is 17.7 Å². The summed E-state index contributed by atoms with van der Waals surface area (Å²) in [5, 5.41) is 35.7. The smallest absolute Gasteiger partial charge is 0.326 e. The van der Waals surface area contributed by atoms with Crippen LogP contribution in [0.25, 0.3) is 0 Å². The molecule has 0 radical (unpaired) electrons. The van der Waals surface area contributed by atoms with Gasteiger partial charge >= 0.3 is 11.9 Å². The molecule has 0 aliphatic rings. The van der Waals surface area contributed by atoms with Crippen molar-refractivity contribution < 1.29 is 39.3 Å². The van der Waals surface area contributed by atoms with Gasteiger partial charge in [0, 0.05) is 31.2 Å². The molecule has 9 N–H and O–H groups in total. The molecule has 5 unspecified atom stereocenters. The second kappa shape index (κ2) is 15.2. The van der Waals surface area contributed by atoms with Crippen molar-refractivity contribution in [3.8, 4) is 5.75 Å². The lowest BCUT2D eigenvalue weighted by Gasteiger charge is -2.26. The van der Waals surface area contributed by atoms with Crippen LogP contribution in [0.5, 0.6) is 5.75 Å². The van der Waals surface area contributed by atoms with Crippen LogP contribution in [0.15, 0.2) is 36.8 Å². The standard InChI is InChI=1S/C26H36N6O8/c1-3-14(2)22(26(39)40)32-25(38)20(11-16-12-28-13-29-16)31-24(37)19(10-15-4-6-17(33)7-5-15)30-23(36)18(27)8-9-21(34)35/h4-7,12-14,18-20,22,33H,3,8-11,27H2,1-2H3,(H,28,29)(H,30,36)(H,31,37)(H,32,38)(H,34,35)(H,39,40). The van der Waals surface area contributed by atoms with Gasteiger partial charge in [-0.1, -0.05) is 32.4 Å². The highest BCUT2D eigenvalue weighted by molar-refractivity contribution is 5.94. The third kappa shape index (κ3) is 10.0. The highest BCUT2D eigenvalue weighted by atomic mass is 16.4. The van der Waals surface area contributed by atoms with E-state index in [9.17, 15) is 34.2 Å². The Balaban J connectivity index is 2.29. The summed E-state index contributed by atoms with van der Waals surface area (Å²) < 4.78 is 0. The van der Waals surface area contributed by atoms with Crippen LogP contribution >= 0.6 is 0 Å². The molecular weight excluding hydrogens is 524 g/mol. The maximum Gasteiger partial charge on any atom is 0.326 e. The zero-order valence-electron chi connectivity index (χ0n) is 22.3. The molecule has 0 fully saturated rings. The molecule has 14 heteroatoms. The van der Waals surface area contributed by atoms with Gasteiger partial charge in [0.15, 0.2) is 0 Å². The highest BCUT2D eigenvalue weighted by Gasteiger charge is 2.32. The molecule has 14 nitrogen and oxygen atoms in total. The van der Waals surface area contributed by atoms with Gasteiger partial charge in [-0.15, -0.1) is 0 Å². The minimum Gasteiger partial charge on any atom is -0.508 e. The highest BCUT2D eigenvalue weighted by Crippen LogP contribution is 2.13. The number of hydrogen-bond acceptors (Lipinski definition) is 8. The van der Waals surface area contributed by atoms with Crippen molar-refractivity contribution >= 4 is 29.7 Å². The van der Waals surface area contributed by atoms with E-state index in [1.807, 2.05) is 0 Å². The molecule has 1 heterocycles. The predicted octanol–water partition coefficient (Wildman–Crippen LogP) is -0.322. The average molecular weight is 561 g/mol. The normalized spacial score (nSPS) is 14.7. The summed E-state index contributed by atoms with van der Waals surface area (Å²) >= 11 is 0. The molecule has 2 rings (SSSR count). The number of carbonyl (C=O) groups excluding carboxylic acids is 3. The Labute approximate surface area is 230 Å². The van der Waals surface area contributed by atoms with E-state index in [2.05, 4.69) is 25.9 Å². The van der Waals surface area contributed by atoms with E-state index in [-0.39, 0.29) is 31.4 Å². The molecule has 1 aromatic carbocycles. The quantitative estimate of drug-likeness (QED) is 0.133. The number of imidazole rings is 1.